The van der Waals surface area contributed by atoms with Crippen LogP contribution in [0, 0.1) is 27.7 Å². The number of benzene rings is 2. The van der Waals surface area contributed by atoms with Crippen molar-refractivity contribution in [2.24, 2.45) is 0 Å². The van der Waals surface area contributed by atoms with E-state index in [9.17, 15) is 9.59 Å². The molecule has 2 heterocycles. The van der Waals surface area contributed by atoms with E-state index in [-0.39, 0.29) is 24.1 Å². The van der Waals surface area contributed by atoms with Crippen molar-refractivity contribution in [1.82, 2.24) is 30.3 Å². The van der Waals surface area contributed by atoms with Crippen LogP contribution in [0.5, 0.6) is 0 Å². The summed E-state index contributed by atoms with van der Waals surface area (Å²) >= 11 is 4.20. The third-order valence-corrected chi connectivity index (χ3v) is 8.73. The molecule has 4 rings (SSSR count). The highest BCUT2D eigenvalue weighted by molar-refractivity contribution is 8.01. The largest absolute Gasteiger partial charge is 0.345 e. The predicted octanol–water partition coefficient (Wildman–Crippen LogP) is 5.13. The maximum Gasteiger partial charge on any atom is 0.251 e. The van der Waals surface area contributed by atoms with Crippen LogP contribution in [-0.2, 0) is 11.3 Å². The number of nitrogens with zero attached hydrogens (tertiary/aromatic N) is 5. The van der Waals surface area contributed by atoms with Crippen LogP contribution >= 0.6 is 34.9 Å². The molecule has 0 saturated carbocycles. The van der Waals surface area contributed by atoms with Crippen LogP contribution in [-0.4, -0.2) is 48.3 Å². The topological polar surface area (TPSA) is 115 Å². The summed E-state index contributed by atoms with van der Waals surface area (Å²) in [5.41, 5.74) is 5.87. The number of carbonyl (C=O) groups is 2. The fourth-order valence-corrected chi connectivity index (χ4v) is 6.03. The van der Waals surface area contributed by atoms with E-state index >= 15 is 0 Å². The van der Waals surface area contributed by atoms with E-state index in [1.165, 1.54) is 23.1 Å². The molecule has 38 heavy (non-hydrogen) atoms. The van der Waals surface area contributed by atoms with Crippen LogP contribution in [0.1, 0.15) is 45.4 Å². The molecule has 0 aliphatic carbocycles. The Morgan fingerprint density at radius 3 is 2.53 bits per heavy atom. The number of thioether (sulfide) groups is 2. The van der Waals surface area contributed by atoms with E-state index in [1.807, 2.05) is 75.6 Å². The fourth-order valence-electron chi connectivity index (χ4n) is 3.60. The van der Waals surface area contributed by atoms with Crippen molar-refractivity contribution < 1.29 is 9.59 Å². The highest BCUT2D eigenvalue weighted by Crippen LogP contribution is 2.27. The van der Waals surface area contributed by atoms with Crippen molar-refractivity contribution in [3.05, 3.63) is 70.0 Å². The molecule has 0 saturated heterocycles. The highest BCUT2D eigenvalue weighted by atomic mass is 32.2. The van der Waals surface area contributed by atoms with E-state index in [0.717, 1.165) is 38.0 Å². The van der Waals surface area contributed by atoms with Gasteiger partial charge in [-0.05, 0) is 73.9 Å². The predicted molar refractivity (Wildman–Crippen MR) is 154 cm³/mol. The molecular formula is C26H29N7O2S3. The van der Waals surface area contributed by atoms with E-state index in [0.29, 0.717) is 21.7 Å². The van der Waals surface area contributed by atoms with E-state index in [4.69, 9.17) is 0 Å². The molecule has 0 atom stereocenters. The Morgan fingerprint density at radius 2 is 1.76 bits per heavy atom. The quantitative estimate of drug-likeness (QED) is 0.200. The standard InChI is InChI=1S/C26H29N7O2S3/c1-6-36-26-32-30-24(38-26)28-22(34)14-37-25-31-29-21(33(25)20-9-7-8-16(3)18(20)5)13-27-23(35)19-11-10-15(2)17(4)12-19/h7-12H,6,13-14H2,1-5H3,(H,27,35)(H,28,30,34). The number of anilines is 1. The van der Waals surface area contributed by atoms with Crippen LogP contribution in [0.2, 0.25) is 0 Å². The first kappa shape index (κ1) is 27.8. The SMILES string of the molecule is CCSc1nnc(NC(=O)CSc2nnc(CNC(=O)c3ccc(C)c(C)c3)n2-c2cccc(C)c2C)s1. The van der Waals surface area contributed by atoms with Gasteiger partial charge in [-0.3, -0.25) is 19.5 Å². The first-order chi connectivity index (χ1) is 18.3. The summed E-state index contributed by atoms with van der Waals surface area (Å²) in [6.45, 7) is 10.3. The van der Waals surface area contributed by atoms with Gasteiger partial charge in [-0.25, -0.2) is 0 Å². The summed E-state index contributed by atoms with van der Waals surface area (Å²) in [7, 11) is 0. The van der Waals surface area contributed by atoms with Crippen molar-refractivity contribution in [3.63, 3.8) is 0 Å². The van der Waals surface area contributed by atoms with Crippen molar-refractivity contribution in [2.45, 2.75) is 50.7 Å². The maximum atomic E-state index is 12.9. The highest BCUT2D eigenvalue weighted by Gasteiger charge is 2.19. The lowest BCUT2D eigenvalue weighted by Gasteiger charge is -2.15. The Balaban J connectivity index is 1.52. The van der Waals surface area contributed by atoms with Gasteiger partial charge in [0.15, 0.2) is 15.3 Å². The summed E-state index contributed by atoms with van der Waals surface area (Å²) in [5.74, 6) is 1.19. The zero-order valence-corrected chi connectivity index (χ0v) is 24.3. The number of aryl methyl sites for hydroxylation is 3. The molecule has 2 amide bonds. The molecule has 12 heteroatoms. The van der Waals surface area contributed by atoms with Gasteiger partial charge in [0.05, 0.1) is 18.0 Å². The van der Waals surface area contributed by atoms with E-state index in [2.05, 4.69) is 31.0 Å². The van der Waals surface area contributed by atoms with Gasteiger partial charge >= 0.3 is 0 Å². The second-order valence-corrected chi connectivity index (χ2v) is 12.0. The van der Waals surface area contributed by atoms with Gasteiger partial charge in [0.1, 0.15) is 0 Å². The summed E-state index contributed by atoms with van der Waals surface area (Å²) in [6, 6.07) is 11.6. The third kappa shape index (κ3) is 6.61. The smallest absolute Gasteiger partial charge is 0.251 e. The van der Waals surface area contributed by atoms with Crippen LogP contribution in [0.3, 0.4) is 0 Å². The number of hydrogen-bond donors (Lipinski definition) is 2. The molecule has 198 valence electrons. The number of rotatable bonds is 10. The summed E-state index contributed by atoms with van der Waals surface area (Å²) in [4.78, 5) is 25.5. The zero-order chi connectivity index (χ0) is 27.2. The average molecular weight is 568 g/mol. The minimum Gasteiger partial charge on any atom is -0.345 e. The Morgan fingerprint density at radius 1 is 0.947 bits per heavy atom. The van der Waals surface area contributed by atoms with Gasteiger partial charge in [0, 0.05) is 5.56 Å². The van der Waals surface area contributed by atoms with Crippen LogP contribution in [0.4, 0.5) is 5.13 Å². The van der Waals surface area contributed by atoms with Crippen molar-refractivity contribution in [1.29, 1.82) is 0 Å². The maximum absolute atomic E-state index is 12.9. The van der Waals surface area contributed by atoms with Gasteiger partial charge in [-0.15, -0.1) is 20.4 Å². The normalized spacial score (nSPS) is 11.0. The monoisotopic (exact) mass is 567 g/mol. The molecule has 2 N–H and O–H groups in total. The Kier molecular flexibility index (Phi) is 9.18. The first-order valence-corrected chi connectivity index (χ1v) is 14.8. The van der Waals surface area contributed by atoms with Crippen LogP contribution in [0.25, 0.3) is 5.69 Å². The summed E-state index contributed by atoms with van der Waals surface area (Å²) < 4.78 is 2.72. The number of aromatic nitrogens is 5. The molecule has 2 aromatic carbocycles. The van der Waals surface area contributed by atoms with Gasteiger partial charge < -0.3 is 5.32 Å². The number of hydrogen-bond acceptors (Lipinski definition) is 9. The molecule has 0 aliphatic rings. The first-order valence-electron chi connectivity index (χ1n) is 12.0. The molecule has 2 aromatic heterocycles. The van der Waals surface area contributed by atoms with E-state index in [1.54, 1.807) is 11.8 Å². The number of amides is 2. The van der Waals surface area contributed by atoms with Gasteiger partial charge in [0.25, 0.3) is 5.91 Å². The van der Waals surface area contributed by atoms with Crippen molar-refractivity contribution >= 4 is 51.8 Å². The van der Waals surface area contributed by atoms with E-state index < -0.39 is 0 Å². The lowest BCUT2D eigenvalue weighted by Crippen LogP contribution is -2.25. The minimum atomic E-state index is -0.209. The van der Waals surface area contributed by atoms with Crippen LogP contribution < -0.4 is 10.6 Å². The molecule has 0 unspecified atom stereocenters. The second-order valence-electron chi connectivity index (χ2n) is 8.58. The molecule has 0 fully saturated rings. The molecule has 0 radical (unpaired) electrons. The summed E-state index contributed by atoms with van der Waals surface area (Å²) in [6.07, 6.45) is 0. The molecule has 0 bridgehead atoms. The second kappa shape index (κ2) is 12.5. The summed E-state index contributed by atoms with van der Waals surface area (Å²) in [5, 5.41) is 23.6. The van der Waals surface area contributed by atoms with Crippen molar-refractivity contribution in [2.75, 3.05) is 16.8 Å². The third-order valence-electron chi connectivity index (χ3n) is 5.95. The minimum absolute atomic E-state index is 0.119. The lowest BCUT2D eigenvalue weighted by molar-refractivity contribution is -0.113. The Labute approximate surface area is 234 Å². The zero-order valence-electron chi connectivity index (χ0n) is 21.9. The van der Waals surface area contributed by atoms with Crippen LogP contribution in [0.15, 0.2) is 45.9 Å². The Bertz CT molecular complexity index is 1470. The lowest BCUT2D eigenvalue weighted by atomic mass is 10.1. The number of nitrogens with one attached hydrogen (secondary N) is 2. The molecule has 9 nitrogen and oxygen atoms in total. The molecule has 0 spiro atoms. The van der Waals surface area contributed by atoms with Crippen molar-refractivity contribution in [3.8, 4) is 5.69 Å². The fraction of sp³-hybridized carbons (Fsp3) is 0.308. The molecular weight excluding hydrogens is 539 g/mol. The van der Waals surface area contributed by atoms with Gasteiger partial charge in [-0.1, -0.05) is 60.0 Å². The number of carbonyl (C=O) groups excluding carboxylic acids is 2. The molecule has 0 aliphatic heterocycles. The average Bonchev–Trinajstić information content (AvgIpc) is 3.51. The van der Waals surface area contributed by atoms with Gasteiger partial charge in [-0.2, -0.15) is 0 Å². The Hall–Kier alpha value is -3.22. The van der Waals surface area contributed by atoms with Gasteiger partial charge in [0.2, 0.25) is 11.0 Å². The molecule has 4 aromatic rings.